The Bertz CT molecular complexity index is 433. The van der Waals surface area contributed by atoms with Crippen LogP contribution in [0.15, 0.2) is 0 Å². The quantitative estimate of drug-likeness (QED) is 0.824. The highest BCUT2D eigenvalue weighted by Crippen LogP contribution is 2.31. The maximum atomic E-state index is 6.10. The van der Waals surface area contributed by atoms with E-state index in [9.17, 15) is 0 Å². The molecule has 1 N–H and O–H groups in total. The Hall–Kier alpha value is -0.830. The number of aromatic nitrogens is 2. The van der Waals surface area contributed by atoms with E-state index in [4.69, 9.17) is 11.6 Å². The van der Waals surface area contributed by atoms with E-state index in [1.165, 1.54) is 19.3 Å². The molecule has 1 aliphatic carbocycles. The Balaban J connectivity index is 2.10. The number of aryl methyl sites for hydroxylation is 1. The second-order valence-corrected chi connectivity index (χ2v) is 6.00. The van der Waals surface area contributed by atoms with Gasteiger partial charge in [0, 0.05) is 11.6 Å². The molecular formula is C14H22ClN3. The molecule has 0 aromatic carbocycles. The Kier molecular flexibility index (Phi) is 4.10. The van der Waals surface area contributed by atoms with Crippen LogP contribution in [0.25, 0.3) is 0 Å². The van der Waals surface area contributed by atoms with Gasteiger partial charge in [-0.1, -0.05) is 25.4 Å². The van der Waals surface area contributed by atoms with E-state index >= 15 is 0 Å². The van der Waals surface area contributed by atoms with E-state index < -0.39 is 0 Å². The molecule has 0 amide bonds. The fourth-order valence-corrected chi connectivity index (χ4v) is 2.82. The van der Waals surface area contributed by atoms with Crippen LogP contribution in [-0.4, -0.2) is 16.0 Å². The first-order chi connectivity index (χ1) is 8.47. The van der Waals surface area contributed by atoms with Crippen LogP contribution in [0.3, 0.4) is 0 Å². The van der Waals surface area contributed by atoms with E-state index in [1.54, 1.807) is 0 Å². The minimum absolute atomic E-state index is 0.514. The molecule has 1 aromatic heterocycles. The van der Waals surface area contributed by atoms with E-state index in [0.717, 1.165) is 29.0 Å². The lowest BCUT2D eigenvalue weighted by molar-refractivity contribution is 0.260. The van der Waals surface area contributed by atoms with E-state index in [-0.39, 0.29) is 0 Å². The van der Waals surface area contributed by atoms with Gasteiger partial charge in [0.2, 0.25) is 0 Å². The molecule has 0 radical (unpaired) electrons. The zero-order chi connectivity index (χ0) is 13.3. The number of nitrogens with one attached hydrogen (secondary N) is 1. The summed E-state index contributed by atoms with van der Waals surface area (Å²) < 4.78 is 0. The summed E-state index contributed by atoms with van der Waals surface area (Å²) in [6, 6.07) is 0.514. The summed E-state index contributed by atoms with van der Waals surface area (Å²) in [7, 11) is 0. The molecule has 0 aliphatic heterocycles. The first-order valence-corrected chi connectivity index (χ1v) is 7.12. The number of nitrogens with zero attached hydrogens (tertiary/aromatic N) is 2. The molecule has 3 atom stereocenters. The summed E-state index contributed by atoms with van der Waals surface area (Å²) >= 11 is 6.10. The number of anilines is 1. The van der Waals surface area contributed by atoms with Crippen LogP contribution in [0.4, 0.5) is 5.82 Å². The second-order valence-electron chi connectivity index (χ2n) is 5.64. The summed E-state index contributed by atoms with van der Waals surface area (Å²) in [4.78, 5) is 8.63. The number of hydrogen-bond acceptors (Lipinski definition) is 3. The van der Waals surface area contributed by atoms with Gasteiger partial charge in [0.05, 0.1) is 0 Å². The van der Waals surface area contributed by atoms with Crippen LogP contribution in [-0.2, 0) is 0 Å². The van der Waals surface area contributed by atoms with Crippen LogP contribution >= 0.6 is 11.6 Å². The topological polar surface area (TPSA) is 37.8 Å². The molecule has 1 saturated carbocycles. The monoisotopic (exact) mass is 267 g/mol. The van der Waals surface area contributed by atoms with Crippen LogP contribution in [0, 0.1) is 25.7 Å². The zero-order valence-electron chi connectivity index (χ0n) is 11.6. The molecule has 18 heavy (non-hydrogen) atoms. The Morgan fingerprint density at radius 3 is 2.50 bits per heavy atom. The van der Waals surface area contributed by atoms with Crippen molar-refractivity contribution in [2.45, 2.75) is 53.0 Å². The maximum absolute atomic E-state index is 6.10. The first-order valence-electron chi connectivity index (χ1n) is 6.74. The normalized spacial score (nSPS) is 28.2. The first kappa shape index (κ1) is 13.6. The third-order valence-corrected chi connectivity index (χ3v) is 4.51. The highest BCUT2D eigenvalue weighted by molar-refractivity contribution is 6.30. The van der Waals surface area contributed by atoms with Crippen molar-refractivity contribution in [1.29, 1.82) is 0 Å². The van der Waals surface area contributed by atoms with Gasteiger partial charge in [-0.25, -0.2) is 9.97 Å². The summed E-state index contributed by atoms with van der Waals surface area (Å²) in [6.45, 7) is 8.53. The molecule has 1 aliphatic rings. The average Bonchev–Trinajstić information content (AvgIpc) is 2.30. The van der Waals surface area contributed by atoms with Gasteiger partial charge in [-0.05, 0) is 44.9 Å². The molecule has 3 unspecified atom stereocenters. The van der Waals surface area contributed by atoms with Gasteiger partial charge in [-0.15, -0.1) is 0 Å². The molecule has 4 heteroatoms. The summed E-state index contributed by atoms with van der Waals surface area (Å²) in [5.41, 5.74) is 0.952. The van der Waals surface area contributed by atoms with Crippen molar-refractivity contribution in [3.05, 3.63) is 16.5 Å². The second kappa shape index (κ2) is 5.43. The highest BCUT2D eigenvalue weighted by Gasteiger charge is 2.25. The lowest BCUT2D eigenvalue weighted by atomic mass is 9.79. The lowest BCUT2D eigenvalue weighted by Crippen LogP contribution is -2.31. The Morgan fingerprint density at radius 1 is 1.11 bits per heavy atom. The average molecular weight is 268 g/mol. The fraction of sp³-hybridized carbons (Fsp3) is 0.714. The van der Waals surface area contributed by atoms with Crippen molar-refractivity contribution in [3.8, 4) is 0 Å². The van der Waals surface area contributed by atoms with Gasteiger partial charge in [-0.2, -0.15) is 0 Å². The van der Waals surface area contributed by atoms with Crippen molar-refractivity contribution in [1.82, 2.24) is 9.97 Å². The Labute approximate surface area is 114 Å². The predicted octanol–water partition coefficient (Wildman–Crippen LogP) is 3.98. The molecule has 3 nitrogen and oxygen atoms in total. The molecular weight excluding hydrogens is 246 g/mol. The zero-order valence-corrected chi connectivity index (χ0v) is 12.4. The predicted molar refractivity (Wildman–Crippen MR) is 76.1 cm³/mol. The minimum atomic E-state index is 0.514. The molecule has 0 spiro atoms. The van der Waals surface area contributed by atoms with Gasteiger partial charge in [0.1, 0.15) is 16.8 Å². The summed E-state index contributed by atoms with van der Waals surface area (Å²) in [6.07, 6.45) is 3.71. The molecule has 1 heterocycles. The van der Waals surface area contributed by atoms with Crippen LogP contribution < -0.4 is 5.32 Å². The summed E-state index contributed by atoms with van der Waals surface area (Å²) in [5.74, 6) is 3.24. The van der Waals surface area contributed by atoms with Crippen molar-refractivity contribution >= 4 is 17.4 Å². The minimum Gasteiger partial charge on any atom is -0.367 e. The largest absolute Gasteiger partial charge is 0.367 e. The van der Waals surface area contributed by atoms with E-state index in [2.05, 4.69) is 29.1 Å². The molecule has 100 valence electrons. The lowest BCUT2D eigenvalue weighted by Gasteiger charge is -2.33. The molecule has 1 aromatic rings. The SMILES string of the molecule is Cc1nc(Cl)c(C)c(NC2CCC(C)C(C)C2)n1. The number of halogens is 1. The van der Waals surface area contributed by atoms with Crippen molar-refractivity contribution in [2.24, 2.45) is 11.8 Å². The fourth-order valence-electron chi connectivity index (χ4n) is 2.61. The van der Waals surface area contributed by atoms with Crippen molar-refractivity contribution < 1.29 is 0 Å². The molecule has 0 bridgehead atoms. The molecule has 0 saturated heterocycles. The maximum Gasteiger partial charge on any atom is 0.137 e. The van der Waals surface area contributed by atoms with Crippen molar-refractivity contribution in [3.63, 3.8) is 0 Å². The Morgan fingerprint density at radius 2 is 1.83 bits per heavy atom. The van der Waals surface area contributed by atoms with Gasteiger partial charge in [0.25, 0.3) is 0 Å². The van der Waals surface area contributed by atoms with Crippen molar-refractivity contribution in [2.75, 3.05) is 5.32 Å². The summed E-state index contributed by atoms with van der Waals surface area (Å²) in [5, 5.41) is 4.10. The third-order valence-electron chi connectivity index (χ3n) is 4.14. The third kappa shape index (κ3) is 2.94. The van der Waals surface area contributed by atoms with Gasteiger partial charge < -0.3 is 5.32 Å². The van der Waals surface area contributed by atoms with Gasteiger partial charge in [-0.3, -0.25) is 0 Å². The van der Waals surface area contributed by atoms with Crippen LogP contribution in [0.1, 0.15) is 44.5 Å². The highest BCUT2D eigenvalue weighted by atomic mass is 35.5. The van der Waals surface area contributed by atoms with Crippen LogP contribution in [0.2, 0.25) is 5.15 Å². The van der Waals surface area contributed by atoms with E-state index in [0.29, 0.717) is 11.2 Å². The molecule has 1 fully saturated rings. The number of rotatable bonds is 2. The standard InChI is InChI=1S/C14H22ClN3/c1-8-5-6-12(7-9(8)2)18-14-10(3)13(15)16-11(4)17-14/h8-9,12H,5-7H2,1-4H3,(H,16,17,18). The van der Waals surface area contributed by atoms with E-state index in [1.807, 2.05) is 13.8 Å². The molecule has 2 rings (SSSR count). The number of hydrogen-bond donors (Lipinski definition) is 1. The van der Waals surface area contributed by atoms with Gasteiger partial charge >= 0.3 is 0 Å². The smallest absolute Gasteiger partial charge is 0.137 e. The van der Waals surface area contributed by atoms with Crippen LogP contribution in [0.5, 0.6) is 0 Å². The van der Waals surface area contributed by atoms with Gasteiger partial charge in [0.15, 0.2) is 0 Å².